The zero-order valence-electron chi connectivity index (χ0n) is 36.0. The van der Waals surface area contributed by atoms with E-state index in [0.717, 1.165) is 44.9 Å². The number of amides is 1. The van der Waals surface area contributed by atoms with Crippen molar-refractivity contribution in [2.24, 2.45) is 0 Å². The van der Waals surface area contributed by atoms with E-state index in [2.05, 4.69) is 43.5 Å². The summed E-state index contributed by atoms with van der Waals surface area (Å²) in [5, 5.41) is 13.8. The van der Waals surface area contributed by atoms with Crippen LogP contribution in [-0.2, 0) is 18.4 Å². The number of rotatable bonds is 40. The maximum absolute atomic E-state index is 12.8. The second-order valence-corrected chi connectivity index (χ2v) is 17.9. The molecule has 0 bridgehead atoms. The van der Waals surface area contributed by atoms with Crippen LogP contribution in [0.25, 0.3) is 0 Å². The zero-order chi connectivity index (χ0) is 40.0. The Hall–Kier alpha value is -1.28. The number of nitrogens with zero attached hydrogens (tertiary/aromatic N) is 1. The summed E-state index contributed by atoms with van der Waals surface area (Å²) >= 11 is 0. The average molecular weight is 784 g/mol. The van der Waals surface area contributed by atoms with E-state index in [9.17, 15) is 19.4 Å². The van der Waals surface area contributed by atoms with Crippen molar-refractivity contribution in [1.29, 1.82) is 0 Å². The van der Waals surface area contributed by atoms with Gasteiger partial charge in [0.2, 0.25) is 5.91 Å². The Kier molecular flexibility index (Phi) is 36.4. The second-order valence-electron chi connectivity index (χ2n) is 16.4. The number of nitrogens with one attached hydrogen (secondary N) is 1. The highest BCUT2D eigenvalue weighted by Crippen LogP contribution is 2.43. The number of likely N-dealkylation sites (N-methyl/N-ethyl adjacent to an activating group) is 1. The van der Waals surface area contributed by atoms with Gasteiger partial charge in [-0.15, -0.1) is 0 Å². The van der Waals surface area contributed by atoms with Gasteiger partial charge in [0.05, 0.1) is 39.9 Å². The summed E-state index contributed by atoms with van der Waals surface area (Å²) in [5.41, 5.74) is 0. The molecule has 318 valence electrons. The summed E-state index contributed by atoms with van der Waals surface area (Å²) in [7, 11) is 1.55. The number of hydrogen-bond donors (Lipinski definition) is 3. The molecule has 54 heavy (non-hydrogen) atoms. The number of hydrogen-bond acceptors (Lipinski definition) is 5. The van der Waals surface area contributed by atoms with Gasteiger partial charge in [-0.05, 0) is 44.9 Å². The van der Waals surface area contributed by atoms with Crippen molar-refractivity contribution >= 4 is 13.7 Å². The Morgan fingerprint density at radius 2 is 1.02 bits per heavy atom. The Bertz CT molecular complexity index is 980. The van der Waals surface area contributed by atoms with Crippen LogP contribution in [0.4, 0.5) is 0 Å². The molecule has 0 heterocycles. The number of aliphatic hydroxyl groups is 1. The zero-order valence-corrected chi connectivity index (χ0v) is 36.9. The lowest BCUT2D eigenvalue weighted by Crippen LogP contribution is -2.45. The first-order valence-corrected chi connectivity index (χ1v) is 23.9. The fraction of sp³-hybridized carbons (Fsp3) is 0.844. The highest BCUT2D eigenvalue weighted by atomic mass is 31.2. The molecule has 8 nitrogen and oxygen atoms in total. The quantitative estimate of drug-likeness (QED) is 0.0247. The summed E-state index contributed by atoms with van der Waals surface area (Å²) in [6, 6.07) is -0.865. The first kappa shape index (κ1) is 52.7. The molecule has 9 heteroatoms. The monoisotopic (exact) mass is 784 g/mol. The molecule has 0 saturated carbocycles. The largest absolute Gasteiger partial charge is 0.472 e. The van der Waals surface area contributed by atoms with Crippen LogP contribution in [0.15, 0.2) is 36.5 Å². The van der Waals surface area contributed by atoms with Crippen molar-refractivity contribution in [3.63, 3.8) is 0 Å². The summed E-state index contributed by atoms with van der Waals surface area (Å²) in [6.45, 7) is 4.78. The lowest BCUT2D eigenvalue weighted by atomic mass is 10.0. The first-order chi connectivity index (χ1) is 26.0. The predicted molar refractivity (Wildman–Crippen MR) is 231 cm³/mol. The third kappa shape index (κ3) is 39.0. The second kappa shape index (κ2) is 37.3. The Morgan fingerprint density at radius 3 is 1.48 bits per heavy atom. The molecule has 0 radical (unpaired) electrons. The normalized spacial score (nSPS) is 14.7. The van der Waals surface area contributed by atoms with Gasteiger partial charge in [-0.2, -0.15) is 0 Å². The highest BCUT2D eigenvalue weighted by Gasteiger charge is 2.27. The van der Waals surface area contributed by atoms with Gasteiger partial charge >= 0.3 is 7.82 Å². The Labute approximate surface area is 334 Å². The van der Waals surface area contributed by atoms with E-state index in [1.54, 1.807) is 6.08 Å². The molecule has 0 fully saturated rings. The fourth-order valence-corrected chi connectivity index (χ4v) is 6.98. The predicted octanol–water partition coefficient (Wildman–Crippen LogP) is 12.3. The van der Waals surface area contributed by atoms with Crippen molar-refractivity contribution in [2.45, 2.75) is 206 Å². The van der Waals surface area contributed by atoms with Gasteiger partial charge in [0, 0.05) is 6.42 Å². The van der Waals surface area contributed by atoms with Gasteiger partial charge in [0.25, 0.3) is 0 Å². The highest BCUT2D eigenvalue weighted by molar-refractivity contribution is 7.47. The molecule has 1 amide bonds. The van der Waals surface area contributed by atoms with Crippen LogP contribution in [0.3, 0.4) is 0 Å². The van der Waals surface area contributed by atoms with E-state index in [1.807, 2.05) is 27.2 Å². The van der Waals surface area contributed by atoms with Gasteiger partial charge in [-0.3, -0.25) is 13.8 Å². The molecule has 0 rings (SSSR count). The number of aliphatic hydroxyl groups excluding tert-OH is 1. The van der Waals surface area contributed by atoms with Crippen molar-refractivity contribution in [3.8, 4) is 0 Å². The van der Waals surface area contributed by atoms with Crippen LogP contribution < -0.4 is 5.32 Å². The van der Waals surface area contributed by atoms with Crippen LogP contribution in [0.5, 0.6) is 0 Å². The van der Waals surface area contributed by atoms with Gasteiger partial charge in [0.15, 0.2) is 0 Å². The SMILES string of the molecule is CCCCCCCCCC/C=C/CC/C=C/CC/C=C/C(O)C(COP(=O)(O)OCC[N+](C)(C)C)NC(=O)CCCCCCCCCCCCCCCC. The lowest BCUT2D eigenvalue weighted by Gasteiger charge is -2.25. The molecular weight excluding hydrogens is 695 g/mol. The van der Waals surface area contributed by atoms with E-state index >= 15 is 0 Å². The molecule has 0 aliphatic carbocycles. The van der Waals surface area contributed by atoms with Crippen LogP contribution in [-0.4, -0.2) is 73.4 Å². The smallest absolute Gasteiger partial charge is 0.387 e. The van der Waals surface area contributed by atoms with Gasteiger partial charge in [0.1, 0.15) is 13.2 Å². The molecule has 0 aromatic carbocycles. The number of phosphoric acid groups is 1. The van der Waals surface area contributed by atoms with Crippen molar-refractivity contribution in [2.75, 3.05) is 40.9 Å². The molecule has 0 aromatic rings. The average Bonchev–Trinajstić information content (AvgIpc) is 3.12. The third-order valence-electron chi connectivity index (χ3n) is 9.84. The summed E-state index contributed by atoms with van der Waals surface area (Å²) in [4.78, 5) is 23.1. The number of carbonyl (C=O) groups excluding carboxylic acids is 1. The third-order valence-corrected chi connectivity index (χ3v) is 10.8. The maximum atomic E-state index is 12.8. The van der Waals surface area contributed by atoms with Crippen molar-refractivity contribution < 1.29 is 32.9 Å². The molecule has 0 saturated heterocycles. The number of unbranched alkanes of at least 4 members (excludes halogenated alkanes) is 23. The van der Waals surface area contributed by atoms with Gasteiger partial charge in [-0.25, -0.2) is 4.57 Å². The summed E-state index contributed by atoms with van der Waals surface area (Å²) in [5.74, 6) is -0.191. The Morgan fingerprint density at radius 1 is 0.611 bits per heavy atom. The molecule has 0 aliphatic rings. The van der Waals surface area contributed by atoms with Gasteiger partial charge in [-0.1, -0.05) is 179 Å². The fourth-order valence-electron chi connectivity index (χ4n) is 6.25. The minimum absolute atomic E-state index is 0.0546. The summed E-state index contributed by atoms with van der Waals surface area (Å²) in [6.07, 6.45) is 45.0. The number of allylic oxidation sites excluding steroid dienone is 5. The molecule has 3 atom stereocenters. The molecule has 3 N–H and O–H groups in total. The Balaban J connectivity index is 4.50. The van der Waals surface area contributed by atoms with Crippen molar-refractivity contribution in [1.82, 2.24) is 5.32 Å². The van der Waals surface area contributed by atoms with Crippen LogP contribution >= 0.6 is 7.82 Å². The first-order valence-electron chi connectivity index (χ1n) is 22.4. The molecule has 0 aromatic heterocycles. The molecule has 0 aliphatic heterocycles. The van der Waals surface area contributed by atoms with Crippen molar-refractivity contribution in [3.05, 3.63) is 36.5 Å². The number of carbonyl (C=O) groups is 1. The topological polar surface area (TPSA) is 105 Å². The molecule has 3 unspecified atom stereocenters. The van der Waals surface area contributed by atoms with Crippen LogP contribution in [0, 0.1) is 0 Å². The summed E-state index contributed by atoms with van der Waals surface area (Å²) < 4.78 is 23.5. The molecule has 0 spiro atoms. The van der Waals surface area contributed by atoms with Gasteiger partial charge < -0.3 is 19.8 Å². The van der Waals surface area contributed by atoms with E-state index < -0.39 is 20.0 Å². The maximum Gasteiger partial charge on any atom is 0.472 e. The van der Waals surface area contributed by atoms with Crippen LogP contribution in [0.2, 0.25) is 0 Å². The van der Waals surface area contributed by atoms with E-state index in [4.69, 9.17) is 9.05 Å². The van der Waals surface area contributed by atoms with E-state index in [0.29, 0.717) is 17.4 Å². The van der Waals surface area contributed by atoms with E-state index in [-0.39, 0.29) is 19.1 Å². The minimum atomic E-state index is -4.34. The standard InChI is InChI=1S/C45H87N2O6P/c1-6-8-10-12-14-16-18-20-22-23-24-25-26-28-30-32-34-36-38-44(48)43(42-53-54(50,51)52-41-40-47(3,4)5)46-45(49)39-37-35-33-31-29-27-21-19-17-15-13-11-9-7-2/h23-24,28,30,36,38,43-44,48H,6-22,25-27,29,31-35,37,39-42H2,1-5H3,(H-,46,49,50,51)/p+1/b24-23+,30-28+,38-36+. The molecular formula is C45H88N2O6P+. The number of phosphoric ester groups is 1. The lowest BCUT2D eigenvalue weighted by molar-refractivity contribution is -0.870. The minimum Gasteiger partial charge on any atom is -0.387 e. The van der Waals surface area contributed by atoms with E-state index in [1.165, 1.54) is 128 Å². The number of quaternary nitrogens is 1. The van der Waals surface area contributed by atoms with Crippen LogP contribution in [0.1, 0.15) is 194 Å².